The van der Waals surface area contributed by atoms with Crippen LogP contribution in [-0.4, -0.2) is 63.1 Å². The second-order valence-corrected chi connectivity index (χ2v) is 9.08. The second-order valence-electron chi connectivity index (χ2n) is 7.54. The van der Waals surface area contributed by atoms with Gasteiger partial charge in [-0.3, -0.25) is 0 Å². The molecule has 0 unspecified atom stereocenters. The van der Waals surface area contributed by atoms with Crippen molar-refractivity contribution in [2.75, 3.05) is 45.3 Å². The van der Waals surface area contributed by atoms with Gasteiger partial charge in [0.15, 0.2) is 11.5 Å². The third-order valence-corrected chi connectivity index (χ3v) is 7.04. The highest BCUT2D eigenvalue weighted by Gasteiger charge is 2.43. The van der Waals surface area contributed by atoms with E-state index in [-0.39, 0.29) is 5.41 Å². The molecule has 2 N–H and O–H groups in total. The number of nitrogens with two attached hydrogens (primary N) is 1. The van der Waals surface area contributed by atoms with Crippen molar-refractivity contribution >= 4 is 26.9 Å². The van der Waals surface area contributed by atoms with Crippen molar-refractivity contribution in [1.29, 1.82) is 0 Å². The van der Waals surface area contributed by atoms with E-state index in [1.54, 1.807) is 20.5 Å². The summed E-state index contributed by atoms with van der Waals surface area (Å²) in [6.45, 7) is 2.62. The van der Waals surface area contributed by atoms with Crippen LogP contribution in [0.1, 0.15) is 19.3 Å². The van der Waals surface area contributed by atoms with Gasteiger partial charge in [-0.2, -0.15) is 12.7 Å². The highest BCUT2D eigenvalue weighted by molar-refractivity contribution is 7.86. The van der Waals surface area contributed by atoms with Crippen LogP contribution in [0.4, 0.5) is 5.82 Å². The molecule has 0 bridgehead atoms. The molecule has 2 saturated heterocycles. The van der Waals surface area contributed by atoms with Crippen molar-refractivity contribution in [2.24, 2.45) is 10.6 Å². The zero-order chi connectivity index (χ0) is 19.9. The van der Waals surface area contributed by atoms with E-state index in [1.807, 2.05) is 12.1 Å². The fourth-order valence-electron chi connectivity index (χ4n) is 4.33. The standard InChI is InChI=1S/C18H25N5O4S/c1-26-15-9-13-14(10-16(15)27-2)20-12-21-17(13)22-6-3-18(4-7-22)5-8-23(11-18)28(19,24)25/h9-10,12H,3-8,11H2,1-2H3,(H2,19,24,25). The molecule has 0 amide bonds. The molecule has 9 nitrogen and oxygen atoms in total. The Bertz CT molecular complexity index is 989. The molecule has 4 rings (SSSR count). The van der Waals surface area contributed by atoms with Gasteiger partial charge in [-0.15, -0.1) is 0 Å². The lowest BCUT2D eigenvalue weighted by Crippen LogP contribution is -2.43. The van der Waals surface area contributed by atoms with E-state index in [0.29, 0.717) is 24.6 Å². The summed E-state index contributed by atoms with van der Waals surface area (Å²) in [7, 11) is -0.408. The molecule has 2 aliphatic rings. The number of fused-ring (bicyclic) bond motifs is 1. The molecule has 1 aromatic heterocycles. The number of piperidine rings is 1. The Hall–Kier alpha value is -2.17. The normalized spacial score (nSPS) is 20.0. The SMILES string of the molecule is COc1cc2ncnc(N3CCC4(CC3)CCN(S(N)(=O)=O)C4)c2cc1OC. The van der Waals surface area contributed by atoms with Gasteiger partial charge in [0.25, 0.3) is 10.2 Å². The van der Waals surface area contributed by atoms with Gasteiger partial charge in [0.1, 0.15) is 12.1 Å². The quantitative estimate of drug-likeness (QED) is 0.809. The average molecular weight is 407 g/mol. The highest BCUT2D eigenvalue weighted by atomic mass is 32.2. The summed E-state index contributed by atoms with van der Waals surface area (Å²) < 4.78 is 35.5. The Balaban J connectivity index is 1.58. The third-order valence-electron chi connectivity index (χ3n) is 6.01. The van der Waals surface area contributed by atoms with E-state index >= 15 is 0 Å². The van der Waals surface area contributed by atoms with Crippen LogP contribution in [0.3, 0.4) is 0 Å². The average Bonchev–Trinajstić information content (AvgIpc) is 3.11. The van der Waals surface area contributed by atoms with Crippen molar-refractivity contribution in [3.8, 4) is 11.5 Å². The van der Waals surface area contributed by atoms with E-state index in [4.69, 9.17) is 14.6 Å². The first-order chi connectivity index (χ1) is 13.3. The summed E-state index contributed by atoms with van der Waals surface area (Å²) in [5.41, 5.74) is 0.802. The Morgan fingerprint density at radius 2 is 1.68 bits per heavy atom. The molecule has 2 fully saturated rings. The highest BCUT2D eigenvalue weighted by Crippen LogP contribution is 2.43. The van der Waals surface area contributed by atoms with Crippen molar-refractivity contribution in [3.05, 3.63) is 18.5 Å². The van der Waals surface area contributed by atoms with E-state index in [2.05, 4.69) is 14.9 Å². The van der Waals surface area contributed by atoms with Gasteiger partial charge < -0.3 is 14.4 Å². The first-order valence-corrected chi connectivity index (χ1v) is 10.8. The van der Waals surface area contributed by atoms with Crippen LogP contribution in [0.5, 0.6) is 11.5 Å². The van der Waals surface area contributed by atoms with Crippen LogP contribution >= 0.6 is 0 Å². The van der Waals surface area contributed by atoms with Crippen LogP contribution in [0.15, 0.2) is 18.5 Å². The Morgan fingerprint density at radius 1 is 1.04 bits per heavy atom. The summed E-state index contributed by atoms with van der Waals surface area (Å²) in [6.07, 6.45) is 4.22. The minimum atomic E-state index is -3.61. The number of aromatic nitrogens is 2. The lowest BCUT2D eigenvalue weighted by atomic mass is 9.78. The molecule has 152 valence electrons. The predicted octanol–water partition coefficient (Wildman–Crippen LogP) is 1.14. The van der Waals surface area contributed by atoms with Crippen LogP contribution in [0.25, 0.3) is 10.9 Å². The molecule has 2 aromatic rings. The number of hydrogen-bond acceptors (Lipinski definition) is 7. The Kier molecular flexibility index (Phi) is 4.80. The monoisotopic (exact) mass is 407 g/mol. The van der Waals surface area contributed by atoms with Crippen molar-refractivity contribution in [2.45, 2.75) is 19.3 Å². The number of benzene rings is 1. The first-order valence-electron chi connectivity index (χ1n) is 9.25. The van der Waals surface area contributed by atoms with E-state index in [9.17, 15) is 8.42 Å². The number of rotatable bonds is 4. The van der Waals surface area contributed by atoms with Gasteiger partial charge in [0, 0.05) is 37.6 Å². The van der Waals surface area contributed by atoms with E-state index < -0.39 is 10.2 Å². The molecule has 0 atom stereocenters. The van der Waals surface area contributed by atoms with Crippen LogP contribution in [-0.2, 0) is 10.2 Å². The first kappa shape index (κ1) is 19.2. The van der Waals surface area contributed by atoms with Gasteiger partial charge in [-0.25, -0.2) is 15.1 Å². The van der Waals surface area contributed by atoms with Crippen molar-refractivity contribution in [1.82, 2.24) is 14.3 Å². The van der Waals surface area contributed by atoms with Crippen LogP contribution in [0.2, 0.25) is 0 Å². The van der Waals surface area contributed by atoms with Crippen molar-refractivity contribution < 1.29 is 17.9 Å². The molecule has 28 heavy (non-hydrogen) atoms. The molecule has 1 spiro atoms. The number of nitrogens with zero attached hydrogens (tertiary/aromatic N) is 4. The molecule has 0 saturated carbocycles. The number of hydrogen-bond donors (Lipinski definition) is 1. The molecular formula is C18H25N5O4S. The van der Waals surface area contributed by atoms with Gasteiger partial charge in [-0.1, -0.05) is 0 Å². The molecule has 10 heteroatoms. The molecular weight excluding hydrogens is 382 g/mol. The minimum absolute atomic E-state index is 0.00663. The third kappa shape index (κ3) is 3.36. The molecule has 3 heterocycles. The lowest BCUT2D eigenvalue weighted by molar-refractivity contribution is 0.234. The summed E-state index contributed by atoms with van der Waals surface area (Å²) in [5.74, 6) is 2.13. The van der Waals surface area contributed by atoms with E-state index in [0.717, 1.165) is 49.1 Å². The molecule has 1 aromatic carbocycles. The maximum absolute atomic E-state index is 11.7. The second kappa shape index (κ2) is 7.02. The van der Waals surface area contributed by atoms with Crippen molar-refractivity contribution in [3.63, 3.8) is 0 Å². The van der Waals surface area contributed by atoms with E-state index in [1.165, 1.54) is 4.31 Å². The summed E-state index contributed by atoms with van der Waals surface area (Å²) in [5, 5.41) is 6.22. The molecule has 2 aliphatic heterocycles. The predicted molar refractivity (Wildman–Crippen MR) is 106 cm³/mol. The number of methoxy groups -OCH3 is 2. The fraction of sp³-hybridized carbons (Fsp3) is 0.556. The van der Waals surface area contributed by atoms with Gasteiger partial charge >= 0.3 is 0 Å². The summed E-state index contributed by atoms with van der Waals surface area (Å²) in [4.78, 5) is 11.1. The maximum atomic E-state index is 11.7. The van der Waals surface area contributed by atoms with Gasteiger partial charge in [0.05, 0.1) is 19.7 Å². The minimum Gasteiger partial charge on any atom is -0.493 e. The topological polar surface area (TPSA) is 111 Å². The fourth-order valence-corrected chi connectivity index (χ4v) is 5.13. The largest absolute Gasteiger partial charge is 0.493 e. The number of anilines is 1. The Labute approximate surface area is 164 Å². The number of ether oxygens (including phenoxy) is 2. The Morgan fingerprint density at radius 3 is 2.29 bits per heavy atom. The van der Waals surface area contributed by atoms with Crippen LogP contribution in [0, 0.1) is 5.41 Å². The lowest BCUT2D eigenvalue weighted by Gasteiger charge is -2.40. The zero-order valence-corrected chi connectivity index (χ0v) is 16.9. The van der Waals surface area contributed by atoms with Crippen LogP contribution < -0.4 is 19.5 Å². The summed E-state index contributed by atoms with van der Waals surface area (Å²) >= 11 is 0. The maximum Gasteiger partial charge on any atom is 0.276 e. The molecule has 0 aliphatic carbocycles. The van der Waals surface area contributed by atoms with Gasteiger partial charge in [-0.05, 0) is 30.7 Å². The zero-order valence-electron chi connectivity index (χ0n) is 16.1. The smallest absolute Gasteiger partial charge is 0.276 e. The molecule has 0 radical (unpaired) electrons. The van der Waals surface area contributed by atoms with Gasteiger partial charge in [0.2, 0.25) is 0 Å². The summed E-state index contributed by atoms with van der Waals surface area (Å²) in [6, 6.07) is 3.76.